The number of anilines is 1. The highest BCUT2D eigenvalue weighted by molar-refractivity contribution is 7.99. The van der Waals surface area contributed by atoms with Gasteiger partial charge >= 0.3 is 0 Å². The first-order chi connectivity index (χ1) is 17.9. The SMILES string of the molecule is C=CCn1c(SCC(=O)Nc2cccc3ccccc23)nnc1[C@@H](NC(=O)c1cccc(C)c1)C(C)C. The zero-order valence-electron chi connectivity index (χ0n) is 21.3. The van der Waals surface area contributed by atoms with Gasteiger partial charge in [0.15, 0.2) is 11.0 Å². The molecule has 2 N–H and O–H groups in total. The van der Waals surface area contributed by atoms with Gasteiger partial charge < -0.3 is 15.2 Å². The van der Waals surface area contributed by atoms with E-state index in [1.165, 1.54) is 11.8 Å². The van der Waals surface area contributed by atoms with Gasteiger partial charge in [-0.25, -0.2) is 0 Å². The van der Waals surface area contributed by atoms with Crippen LogP contribution in [-0.2, 0) is 11.3 Å². The number of nitrogens with one attached hydrogen (secondary N) is 2. The van der Waals surface area contributed by atoms with Gasteiger partial charge in [0.05, 0.1) is 11.8 Å². The zero-order chi connectivity index (χ0) is 26.4. The summed E-state index contributed by atoms with van der Waals surface area (Å²) in [5, 5.41) is 17.6. The fraction of sp³-hybridized carbons (Fsp3) is 0.241. The fourth-order valence-electron chi connectivity index (χ4n) is 4.13. The van der Waals surface area contributed by atoms with Crippen LogP contribution in [0.4, 0.5) is 5.69 Å². The van der Waals surface area contributed by atoms with Crippen molar-refractivity contribution in [3.63, 3.8) is 0 Å². The third kappa shape index (κ3) is 6.27. The lowest BCUT2D eigenvalue weighted by atomic mass is 10.0. The highest BCUT2D eigenvalue weighted by Gasteiger charge is 2.26. The van der Waals surface area contributed by atoms with E-state index in [9.17, 15) is 9.59 Å². The van der Waals surface area contributed by atoms with Gasteiger partial charge in [0.2, 0.25) is 5.91 Å². The Bertz CT molecular complexity index is 1420. The summed E-state index contributed by atoms with van der Waals surface area (Å²) in [6.07, 6.45) is 1.76. The summed E-state index contributed by atoms with van der Waals surface area (Å²) in [7, 11) is 0. The molecular formula is C29H31N5O2S. The van der Waals surface area contributed by atoms with E-state index < -0.39 is 0 Å². The largest absolute Gasteiger partial charge is 0.342 e. The minimum atomic E-state index is -0.362. The van der Waals surface area contributed by atoms with Crippen molar-refractivity contribution in [2.75, 3.05) is 11.1 Å². The first-order valence-electron chi connectivity index (χ1n) is 12.2. The summed E-state index contributed by atoms with van der Waals surface area (Å²) in [5.74, 6) is 0.561. The van der Waals surface area contributed by atoms with Gasteiger partial charge in [-0.15, -0.1) is 16.8 Å². The predicted octanol–water partition coefficient (Wildman–Crippen LogP) is 5.78. The molecule has 7 nitrogen and oxygen atoms in total. The Labute approximate surface area is 221 Å². The molecule has 0 unspecified atom stereocenters. The molecule has 0 bridgehead atoms. The van der Waals surface area contributed by atoms with Crippen LogP contribution in [0.15, 0.2) is 84.5 Å². The number of amides is 2. The molecular weight excluding hydrogens is 482 g/mol. The normalized spacial score (nSPS) is 11.9. The number of hydrogen-bond acceptors (Lipinski definition) is 5. The molecule has 1 atom stereocenters. The molecule has 0 aliphatic carbocycles. The van der Waals surface area contributed by atoms with Crippen LogP contribution in [0.5, 0.6) is 0 Å². The quantitative estimate of drug-likeness (QED) is 0.207. The van der Waals surface area contributed by atoms with E-state index in [1.807, 2.05) is 86.0 Å². The lowest BCUT2D eigenvalue weighted by molar-refractivity contribution is -0.113. The summed E-state index contributed by atoms with van der Waals surface area (Å²) in [6.45, 7) is 10.3. The molecule has 0 saturated carbocycles. The van der Waals surface area contributed by atoms with Crippen LogP contribution in [0.2, 0.25) is 0 Å². The molecule has 0 fully saturated rings. The van der Waals surface area contributed by atoms with Crippen LogP contribution >= 0.6 is 11.8 Å². The second-order valence-corrected chi connectivity index (χ2v) is 10.1. The Morgan fingerprint density at radius 3 is 2.57 bits per heavy atom. The first kappa shape index (κ1) is 26.2. The van der Waals surface area contributed by atoms with Gasteiger partial charge in [-0.1, -0.05) is 85.8 Å². The Kier molecular flexibility index (Phi) is 8.40. The summed E-state index contributed by atoms with van der Waals surface area (Å²) in [5.41, 5.74) is 2.39. The molecule has 3 aromatic carbocycles. The maximum absolute atomic E-state index is 13.0. The van der Waals surface area contributed by atoms with E-state index in [0.29, 0.717) is 23.1 Å². The molecule has 4 aromatic rings. The fourth-order valence-corrected chi connectivity index (χ4v) is 4.88. The predicted molar refractivity (Wildman–Crippen MR) is 150 cm³/mol. The van der Waals surface area contributed by atoms with Gasteiger partial charge in [-0.05, 0) is 36.4 Å². The van der Waals surface area contributed by atoms with Crippen LogP contribution in [0.1, 0.15) is 41.6 Å². The monoisotopic (exact) mass is 513 g/mol. The molecule has 0 aliphatic rings. The molecule has 0 saturated heterocycles. The first-order valence-corrected chi connectivity index (χ1v) is 13.2. The third-order valence-electron chi connectivity index (χ3n) is 5.96. The Morgan fingerprint density at radius 1 is 1.05 bits per heavy atom. The van der Waals surface area contributed by atoms with Crippen molar-refractivity contribution in [3.05, 3.63) is 96.3 Å². The average molecular weight is 514 g/mol. The van der Waals surface area contributed by atoms with Crippen molar-refractivity contribution < 1.29 is 9.59 Å². The number of aryl methyl sites for hydroxylation is 1. The van der Waals surface area contributed by atoms with Crippen LogP contribution < -0.4 is 10.6 Å². The molecule has 1 aromatic heterocycles. The Hall–Kier alpha value is -3.91. The molecule has 37 heavy (non-hydrogen) atoms. The highest BCUT2D eigenvalue weighted by Crippen LogP contribution is 2.27. The van der Waals surface area contributed by atoms with E-state index >= 15 is 0 Å². The highest BCUT2D eigenvalue weighted by atomic mass is 32.2. The third-order valence-corrected chi connectivity index (χ3v) is 6.93. The summed E-state index contributed by atoms with van der Waals surface area (Å²) >= 11 is 1.30. The van der Waals surface area contributed by atoms with Gasteiger partial charge in [0, 0.05) is 23.2 Å². The van der Waals surface area contributed by atoms with Crippen LogP contribution in [0.25, 0.3) is 10.8 Å². The van der Waals surface area contributed by atoms with E-state index in [2.05, 4.69) is 27.4 Å². The van der Waals surface area contributed by atoms with E-state index in [0.717, 1.165) is 22.0 Å². The Balaban J connectivity index is 1.50. The molecule has 4 rings (SSSR count). The molecule has 0 radical (unpaired) electrons. The van der Waals surface area contributed by atoms with Gasteiger partial charge in [-0.2, -0.15) is 0 Å². The second-order valence-electron chi connectivity index (χ2n) is 9.17. The maximum Gasteiger partial charge on any atom is 0.251 e. The van der Waals surface area contributed by atoms with Crippen LogP contribution in [0, 0.1) is 12.8 Å². The van der Waals surface area contributed by atoms with Crippen molar-refractivity contribution in [2.24, 2.45) is 5.92 Å². The second kappa shape index (κ2) is 11.9. The number of benzene rings is 3. The van der Waals surface area contributed by atoms with Crippen molar-refractivity contribution in [3.8, 4) is 0 Å². The van der Waals surface area contributed by atoms with Crippen LogP contribution in [0.3, 0.4) is 0 Å². The number of hydrogen-bond donors (Lipinski definition) is 2. The number of carbonyl (C=O) groups is 2. The van der Waals surface area contributed by atoms with Crippen molar-refractivity contribution in [1.82, 2.24) is 20.1 Å². The molecule has 8 heteroatoms. The van der Waals surface area contributed by atoms with Crippen LogP contribution in [-0.4, -0.2) is 32.3 Å². The number of fused-ring (bicyclic) bond motifs is 1. The molecule has 2 amide bonds. The van der Waals surface area contributed by atoms with E-state index in [-0.39, 0.29) is 29.5 Å². The number of aromatic nitrogens is 3. The molecule has 1 heterocycles. The molecule has 0 spiro atoms. The maximum atomic E-state index is 13.0. The summed E-state index contributed by atoms with van der Waals surface area (Å²) in [4.78, 5) is 25.8. The minimum absolute atomic E-state index is 0.0639. The minimum Gasteiger partial charge on any atom is -0.342 e. The standard InChI is InChI=1S/C29H31N5O2S/c1-5-16-34-27(26(19(2)3)31-28(36)22-13-8-10-20(4)17-22)32-33-29(34)37-18-25(35)30-24-15-9-12-21-11-6-7-14-23(21)24/h5-15,17,19,26H,1,16,18H2,2-4H3,(H,30,35)(H,31,36)/t26-/m0/s1. The Morgan fingerprint density at radius 2 is 1.81 bits per heavy atom. The lowest BCUT2D eigenvalue weighted by Crippen LogP contribution is -2.34. The number of carbonyl (C=O) groups excluding carboxylic acids is 2. The van der Waals surface area contributed by atoms with E-state index in [4.69, 9.17) is 0 Å². The summed E-state index contributed by atoms with van der Waals surface area (Å²) in [6, 6.07) is 20.9. The number of allylic oxidation sites excluding steroid dienone is 1. The van der Waals surface area contributed by atoms with Gasteiger partial charge in [0.1, 0.15) is 0 Å². The van der Waals surface area contributed by atoms with Crippen molar-refractivity contribution in [2.45, 2.75) is 38.5 Å². The zero-order valence-corrected chi connectivity index (χ0v) is 22.1. The summed E-state index contributed by atoms with van der Waals surface area (Å²) < 4.78 is 1.91. The topological polar surface area (TPSA) is 88.9 Å². The van der Waals surface area contributed by atoms with Crippen molar-refractivity contribution in [1.29, 1.82) is 0 Å². The smallest absolute Gasteiger partial charge is 0.251 e. The lowest BCUT2D eigenvalue weighted by Gasteiger charge is -2.22. The number of thioether (sulfide) groups is 1. The van der Waals surface area contributed by atoms with Crippen molar-refractivity contribution >= 4 is 40.0 Å². The molecule has 0 aliphatic heterocycles. The number of nitrogens with zero attached hydrogens (tertiary/aromatic N) is 3. The van der Waals surface area contributed by atoms with Gasteiger partial charge in [-0.3, -0.25) is 9.59 Å². The molecule has 190 valence electrons. The average Bonchev–Trinajstić information content (AvgIpc) is 3.28. The van der Waals surface area contributed by atoms with E-state index in [1.54, 1.807) is 12.1 Å². The number of rotatable bonds is 10. The van der Waals surface area contributed by atoms with Gasteiger partial charge in [0.25, 0.3) is 5.91 Å².